The van der Waals surface area contributed by atoms with Crippen LogP contribution in [0.15, 0.2) is 30.5 Å². The van der Waals surface area contributed by atoms with Crippen molar-refractivity contribution in [2.45, 2.75) is 12.5 Å². The molecule has 0 amide bonds. The highest BCUT2D eigenvalue weighted by Crippen LogP contribution is 2.22. The molecular formula is C16H20N2O4S. The zero-order valence-corrected chi connectivity index (χ0v) is 13.8. The Labute approximate surface area is 135 Å². The first kappa shape index (κ1) is 16.0. The van der Waals surface area contributed by atoms with E-state index in [-0.39, 0.29) is 17.5 Å². The molecule has 7 heteroatoms. The van der Waals surface area contributed by atoms with Crippen LogP contribution in [0.3, 0.4) is 0 Å². The molecule has 0 spiro atoms. The van der Waals surface area contributed by atoms with Crippen LogP contribution in [0.4, 0.5) is 0 Å². The molecule has 0 bridgehead atoms. The standard InChI is InChI=1S/C16H20N2O4S/c1-22-16(19)15(18-6-8-23(20,21)9-7-18)10-12-11-17-14-5-3-2-4-13(12)14/h2-5,11,15,17H,6-10H2,1H3/t15-/m1/s1. The molecule has 0 saturated carbocycles. The Morgan fingerprint density at radius 3 is 2.70 bits per heavy atom. The lowest BCUT2D eigenvalue weighted by molar-refractivity contribution is -0.146. The number of benzene rings is 1. The molecule has 0 radical (unpaired) electrons. The van der Waals surface area contributed by atoms with Gasteiger partial charge in [-0.1, -0.05) is 18.2 Å². The summed E-state index contributed by atoms with van der Waals surface area (Å²) in [7, 11) is -1.61. The number of hydrogen-bond donors (Lipinski definition) is 1. The first-order valence-electron chi connectivity index (χ1n) is 7.57. The van der Waals surface area contributed by atoms with Gasteiger partial charge in [-0.3, -0.25) is 9.69 Å². The number of carbonyl (C=O) groups excluding carboxylic acids is 1. The summed E-state index contributed by atoms with van der Waals surface area (Å²) in [5, 5.41) is 1.08. The second kappa shape index (κ2) is 6.33. The topological polar surface area (TPSA) is 79.5 Å². The summed E-state index contributed by atoms with van der Waals surface area (Å²) >= 11 is 0. The third-order valence-corrected chi connectivity index (χ3v) is 5.99. The molecule has 1 aromatic carbocycles. The van der Waals surface area contributed by atoms with E-state index >= 15 is 0 Å². The Hall–Kier alpha value is -1.86. The lowest BCUT2D eigenvalue weighted by atomic mass is 10.0. The SMILES string of the molecule is COC(=O)[C@@H](Cc1c[nH]c2ccccc12)N1CCS(=O)(=O)CC1. The molecule has 0 unspecified atom stereocenters. The van der Waals surface area contributed by atoms with E-state index in [1.54, 1.807) is 0 Å². The van der Waals surface area contributed by atoms with E-state index in [1.807, 2.05) is 35.4 Å². The number of fused-ring (bicyclic) bond motifs is 1. The number of para-hydroxylation sites is 1. The number of aromatic amines is 1. The van der Waals surface area contributed by atoms with Crippen molar-refractivity contribution >= 4 is 26.7 Å². The fraction of sp³-hybridized carbons (Fsp3) is 0.438. The minimum atomic E-state index is -2.98. The lowest BCUT2D eigenvalue weighted by Gasteiger charge is -2.32. The third kappa shape index (κ3) is 3.40. The Morgan fingerprint density at radius 2 is 2.00 bits per heavy atom. The molecule has 3 rings (SSSR count). The average molecular weight is 336 g/mol. The first-order chi connectivity index (χ1) is 11.0. The van der Waals surface area contributed by atoms with E-state index in [1.165, 1.54) is 7.11 Å². The highest BCUT2D eigenvalue weighted by molar-refractivity contribution is 7.91. The van der Waals surface area contributed by atoms with Crippen molar-refractivity contribution in [3.05, 3.63) is 36.0 Å². The number of hydrogen-bond acceptors (Lipinski definition) is 5. The van der Waals surface area contributed by atoms with E-state index in [0.717, 1.165) is 16.5 Å². The van der Waals surface area contributed by atoms with Crippen LogP contribution in [0.5, 0.6) is 0 Å². The second-order valence-corrected chi connectivity index (χ2v) is 8.09. The van der Waals surface area contributed by atoms with Crippen molar-refractivity contribution in [1.29, 1.82) is 0 Å². The number of nitrogens with zero attached hydrogens (tertiary/aromatic N) is 1. The van der Waals surface area contributed by atoms with Gasteiger partial charge in [-0.15, -0.1) is 0 Å². The van der Waals surface area contributed by atoms with Gasteiger partial charge < -0.3 is 9.72 Å². The summed E-state index contributed by atoms with van der Waals surface area (Å²) in [6, 6.07) is 7.45. The summed E-state index contributed by atoms with van der Waals surface area (Å²) < 4.78 is 28.1. The highest BCUT2D eigenvalue weighted by atomic mass is 32.2. The van der Waals surface area contributed by atoms with Crippen molar-refractivity contribution in [1.82, 2.24) is 9.88 Å². The molecule has 1 atom stereocenters. The maximum Gasteiger partial charge on any atom is 0.323 e. The molecule has 1 N–H and O–H groups in total. The smallest absolute Gasteiger partial charge is 0.323 e. The van der Waals surface area contributed by atoms with Crippen molar-refractivity contribution in [3.8, 4) is 0 Å². The second-order valence-electron chi connectivity index (χ2n) is 5.79. The highest BCUT2D eigenvalue weighted by Gasteiger charge is 2.32. The number of carbonyl (C=O) groups is 1. The van der Waals surface area contributed by atoms with Gasteiger partial charge in [0.25, 0.3) is 0 Å². The van der Waals surface area contributed by atoms with E-state index in [2.05, 4.69) is 4.98 Å². The van der Waals surface area contributed by atoms with Gasteiger partial charge in [0, 0.05) is 36.6 Å². The van der Waals surface area contributed by atoms with Crippen LogP contribution in [0.2, 0.25) is 0 Å². The van der Waals surface area contributed by atoms with Crippen LogP contribution in [0.1, 0.15) is 5.56 Å². The largest absolute Gasteiger partial charge is 0.468 e. The maximum absolute atomic E-state index is 12.2. The zero-order valence-electron chi connectivity index (χ0n) is 13.0. The summed E-state index contributed by atoms with van der Waals surface area (Å²) in [4.78, 5) is 17.3. The number of sulfone groups is 1. The summed E-state index contributed by atoms with van der Waals surface area (Å²) in [6.07, 6.45) is 2.40. The number of rotatable bonds is 4. The molecule has 2 heterocycles. The van der Waals surface area contributed by atoms with E-state index in [4.69, 9.17) is 4.74 Å². The molecule has 1 aliphatic rings. The van der Waals surface area contributed by atoms with Crippen LogP contribution >= 0.6 is 0 Å². The number of esters is 1. The number of H-pyrrole nitrogens is 1. The molecule has 1 saturated heterocycles. The minimum Gasteiger partial charge on any atom is -0.468 e. The Morgan fingerprint density at radius 1 is 1.30 bits per heavy atom. The van der Waals surface area contributed by atoms with Gasteiger partial charge in [-0.25, -0.2) is 8.42 Å². The van der Waals surface area contributed by atoms with E-state index < -0.39 is 15.9 Å². The molecular weight excluding hydrogens is 316 g/mol. The monoisotopic (exact) mass is 336 g/mol. The number of ether oxygens (including phenoxy) is 1. The van der Waals surface area contributed by atoms with Gasteiger partial charge in [0.05, 0.1) is 18.6 Å². The summed E-state index contributed by atoms with van der Waals surface area (Å²) in [5.74, 6) is -0.141. The van der Waals surface area contributed by atoms with E-state index in [9.17, 15) is 13.2 Å². The molecule has 2 aromatic rings. The van der Waals surface area contributed by atoms with Crippen molar-refractivity contribution in [2.75, 3.05) is 31.7 Å². The van der Waals surface area contributed by atoms with Crippen molar-refractivity contribution in [2.24, 2.45) is 0 Å². The van der Waals surface area contributed by atoms with Gasteiger partial charge >= 0.3 is 5.97 Å². The van der Waals surface area contributed by atoms with Gasteiger partial charge in [0.1, 0.15) is 6.04 Å². The van der Waals surface area contributed by atoms with Crippen LogP contribution in [-0.4, -0.2) is 62.0 Å². The van der Waals surface area contributed by atoms with Crippen molar-refractivity contribution < 1.29 is 17.9 Å². The number of aromatic nitrogens is 1. The Kier molecular flexibility index (Phi) is 4.41. The molecule has 0 aliphatic carbocycles. The minimum absolute atomic E-state index is 0.0916. The molecule has 124 valence electrons. The van der Waals surface area contributed by atoms with Gasteiger partial charge in [0.2, 0.25) is 0 Å². The molecule has 1 fully saturated rings. The average Bonchev–Trinajstić information content (AvgIpc) is 2.95. The van der Waals surface area contributed by atoms with E-state index in [0.29, 0.717) is 19.5 Å². The van der Waals surface area contributed by atoms with Gasteiger partial charge in [-0.2, -0.15) is 0 Å². The van der Waals surface area contributed by atoms with Crippen LogP contribution < -0.4 is 0 Å². The van der Waals surface area contributed by atoms with Crippen LogP contribution in [0.25, 0.3) is 10.9 Å². The fourth-order valence-corrected chi connectivity index (χ4v) is 4.27. The zero-order chi connectivity index (χ0) is 16.4. The van der Waals surface area contributed by atoms with Crippen LogP contribution in [0, 0.1) is 0 Å². The maximum atomic E-state index is 12.2. The normalized spacial score (nSPS) is 19.5. The quantitative estimate of drug-likeness (QED) is 0.842. The third-order valence-electron chi connectivity index (χ3n) is 4.38. The molecule has 1 aromatic heterocycles. The predicted octanol–water partition coefficient (Wildman–Crippen LogP) is 0.982. The van der Waals surface area contributed by atoms with Crippen LogP contribution in [-0.2, 0) is 25.8 Å². The number of nitrogens with one attached hydrogen (secondary N) is 1. The van der Waals surface area contributed by atoms with Gasteiger partial charge in [0.15, 0.2) is 9.84 Å². The molecule has 23 heavy (non-hydrogen) atoms. The van der Waals surface area contributed by atoms with Gasteiger partial charge in [-0.05, 0) is 11.6 Å². The fourth-order valence-electron chi connectivity index (χ4n) is 3.04. The summed E-state index contributed by atoms with van der Waals surface area (Å²) in [6.45, 7) is 0.731. The van der Waals surface area contributed by atoms with Crippen molar-refractivity contribution in [3.63, 3.8) is 0 Å². The first-order valence-corrected chi connectivity index (χ1v) is 9.39. The summed E-state index contributed by atoms with van der Waals surface area (Å²) in [5.41, 5.74) is 2.05. The Balaban J connectivity index is 1.84. The molecule has 6 nitrogen and oxygen atoms in total. The lowest BCUT2D eigenvalue weighted by Crippen LogP contribution is -2.50. The Bertz CT molecular complexity index is 798. The predicted molar refractivity (Wildman–Crippen MR) is 88.0 cm³/mol. The number of methoxy groups -OCH3 is 1. The molecule has 1 aliphatic heterocycles.